The van der Waals surface area contributed by atoms with Crippen LogP contribution in [-0.4, -0.2) is 4.98 Å². The standard InChI is InChI=1S/C16H16N2O/c1-11(2)14-6-4-12(3)8-15(14)19-16-7-5-13(9-17)10-18-16/h4-8,10-11H,1-3H3. The third-order valence-electron chi connectivity index (χ3n) is 2.87. The number of ether oxygens (including phenoxy) is 1. The number of nitrogens with zero attached hydrogens (tertiary/aromatic N) is 2. The van der Waals surface area contributed by atoms with Crippen LogP contribution in [0, 0.1) is 18.3 Å². The molecule has 0 saturated carbocycles. The molecule has 0 spiro atoms. The number of hydrogen-bond donors (Lipinski definition) is 0. The number of aryl methyl sites for hydroxylation is 1. The van der Waals surface area contributed by atoms with E-state index in [0.29, 0.717) is 17.4 Å². The van der Waals surface area contributed by atoms with Crippen molar-refractivity contribution in [3.05, 3.63) is 53.2 Å². The molecule has 0 unspecified atom stereocenters. The van der Waals surface area contributed by atoms with Gasteiger partial charge in [-0.1, -0.05) is 26.0 Å². The summed E-state index contributed by atoms with van der Waals surface area (Å²) in [7, 11) is 0. The molecular weight excluding hydrogens is 236 g/mol. The molecule has 19 heavy (non-hydrogen) atoms. The first-order chi connectivity index (χ1) is 9.10. The van der Waals surface area contributed by atoms with E-state index in [-0.39, 0.29) is 0 Å². The normalized spacial score (nSPS) is 10.3. The first-order valence-corrected chi connectivity index (χ1v) is 6.24. The molecule has 0 radical (unpaired) electrons. The molecule has 0 bridgehead atoms. The first kappa shape index (κ1) is 13.1. The molecule has 1 aromatic carbocycles. The van der Waals surface area contributed by atoms with Gasteiger partial charge in [0.15, 0.2) is 0 Å². The third-order valence-corrected chi connectivity index (χ3v) is 2.87. The second-order valence-corrected chi connectivity index (χ2v) is 4.79. The van der Waals surface area contributed by atoms with Crippen molar-refractivity contribution in [3.63, 3.8) is 0 Å². The van der Waals surface area contributed by atoms with Crippen LogP contribution >= 0.6 is 0 Å². The quantitative estimate of drug-likeness (QED) is 0.823. The predicted octanol–water partition coefficient (Wildman–Crippen LogP) is 4.18. The number of aromatic nitrogens is 1. The van der Waals surface area contributed by atoms with Gasteiger partial charge in [0.2, 0.25) is 5.88 Å². The summed E-state index contributed by atoms with van der Waals surface area (Å²) in [6, 6.07) is 11.6. The molecule has 2 rings (SSSR count). The highest BCUT2D eigenvalue weighted by Crippen LogP contribution is 2.30. The predicted molar refractivity (Wildman–Crippen MR) is 74.3 cm³/mol. The Balaban J connectivity index is 2.31. The lowest BCUT2D eigenvalue weighted by Crippen LogP contribution is -1.96. The fourth-order valence-corrected chi connectivity index (χ4v) is 1.83. The van der Waals surface area contributed by atoms with E-state index in [9.17, 15) is 0 Å². The van der Waals surface area contributed by atoms with Gasteiger partial charge in [-0.25, -0.2) is 4.98 Å². The molecule has 1 heterocycles. The number of benzene rings is 1. The van der Waals surface area contributed by atoms with Crippen molar-refractivity contribution >= 4 is 0 Å². The van der Waals surface area contributed by atoms with Crippen molar-refractivity contribution in [1.29, 1.82) is 5.26 Å². The van der Waals surface area contributed by atoms with Crippen molar-refractivity contribution in [1.82, 2.24) is 4.98 Å². The molecule has 1 aromatic heterocycles. The largest absolute Gasteiger partial charge is 0.439 e. The molecule has 0 aliphatic heterocycles. The summed E-state index contributed by atoms with van der Waals surface area (Å²) in [5, 5.41) is 8.74. The minimum Gasteiger partial charge on any atom is -0.439 e. The minimum atomic E-state index is 0.383. The molecular formula is C16H16N2O. The van der Waals surface area contributed by atoms with Gasteiger partial charge in [-0.15, -0.1) is 0 Å². The van der Waals surface area contributed by atoms with E-state index in [2.05, 4.69) is 31.0 Å². The van der Waals surface area contributed by atoms with Crippen LogP contribution in [0.4, 0.5) is 0 Å². The van der Waals surface area contributed by atoms with Crippen LogP contribution in [0.3, 0.4) is 0 Å². The van der Waals surface area contributed by atoms with Crippen molar-refractivity contribution in [3.8, 4) is 17.7 Å². The Hall–Kier alpha value is -2.34. The highest BCUT2D eigenvalue weighted by Gasteiger charge is 2.09. The number of hydrogen-bond acceptors (Lipinski definition) is 3. The van der Waals surface area contributed by atoms with Gasteiger partial charge in [0.25, 0.3) is 0 Å². The van der Waals surface area contributed by atoms with E-state index in [1.165, 1.54) is 6.20 Å². The van der Waals surface area contributed by atoms with E-state index < -0.39 is 0 Å². The average molecular weight is 252 g/mol. The zero-order valence-electron chi connectivity index (χ0n) is 11.3. The van der Waals surface area contributed by atoms with E-state index in [4.69, 9.17) is 10.00 Å². The van der Waals surface area contributed by atoms with Gasteiger partial charge in [0, 0.05) is 12.3 Å². The molecule has 0 atom stereocenters. The Morgan fingerprint density at radius 2 is 2.00 bits per heavy atom. The molecule has 0 saturated heterocycles. The Labute approximate surface area is 113 Å². The lowest BCUT2D eigenvalue weighted by Gasteiger charge is -2.13. The van der Waals surface area contributed by atoms with Gasteiger partial charge in [-0.2, -0.15) is 5.26 Å². The van der Waals surface area contributed by atoms with Crippen LogP contribution in [0.15, 0.2) is 36.5 Å². The zero-order valence-corrected chi connectivity index (χ0v) is 11.3. The van der Waals surface area contributed by atoms with Crippen LogP contribution in [0.5, 0.6) is 11.6 Å². The summed E-state index contributed by atoms with van der Waals surface area (Å²) in [5.74, 6) is 1.72. The molecule has 0 amide bonds. The Morgan fingerprint density at radius 1 is 1.21 bits per heavy atom. The second kappa shape index (κ2) is 5.53. The summed E-state index contributed by atoms with van der Waals surface area (Å²) in [6.45, 7) is 6.29. The van der Waals surface area contributed by atoms with Crippen molar-refractivity contribution in [2.45, 2.75) is 26.7 Å². The number of rotatable bonds is 3. The van der Waals surface area contributed by atoms with Crippen LogP contribution < -0.4 is 4.74 Å². The third kappa shape index (κ3) is 3.11. The maximum atomic E-state index is 8.74. The number of nitriles is 1. The maximum absolute atomic E-state index is 8.74. The van der Waals surface area contributed by atoms with Gasteiger partial charge in [-0.3, -0.25) is 0 Å². The molecule has 3 heteroatoms. The SMILES string of the molecule is Cc1ccc(C(C)C)c(Oc2ccc(C#N)cn2)c1. The van der Waals surface area contributed by atoms with E-state index >= 15 is 0 Å². The molecule has 0 N–H and O–H groups in total. The maximum Gasteiger partial charge on any atom is 0.219 e. The van der Waals surface area contributed by atoms with Crippen molar-refractivity contribution < 1.29 is 4.74 Å². The fourth-order valence-electron chi connectivity index (χ4n) is 1.83. The van der Waals surface area contributed by atoms with Crippen LogP contribution in [0.25, 0.3) is 0 Å². The van der Waals surface area contributed by atoms with E-state index in [1.54, 1.807) is 12.1 Å². The Kier molecular flexibility index (Phi) is 3.82. The van der Waals surface area contributed by atoms with Gasteiger partial charge in [0.05, 0.1) is 5.56 Å². The topological polar surface area (TPSA) is 45.9 Å². The van der Waals surface area contributed by atoms with E-state index in [0.717, 1.165) is 16.9 Å². The average Bonchev–Trinajstić information content (AvgIpc) is 2.39. The Morgan fingerprint density at radius 3 is 2.58 bits per heavy atom. The van der Waals surface area contributed by atoms with Crippen LogP contribution in [0.2, 0.25) is 0 Å². The van der Waals surface area contributed by atoms with Gasteiger partial charge >= 0.3 is 0 Å². The zero-order chi connectivity index (χ0) is 13.8. The highest BCUT2D eigenvalue weighted by atomic mass is 16.5. The molecule has 0 fully saturated rings. The van der Waals surface area contributed by atoms with Gasteiger partial charge in [0.1, 0.15) is 11.8 Å². The summed E-state index contributed by atoms with van der Waals surface area (Å²) in [5.41, 5.74) is 2.82. The number of pyridine rings is 1. The molecule has 96 valence electrons. The second-order valence-electron chi connectivity index (χ2n) is 4.79. The first-order valence-electron chi connectivity index (χ1n) is 6.24. The molecule has 0 aliphatic rings. The monoisotopic (exact) mass is 252 g/mol. The van der Waals surface area contributed by atoms with Crippen molar-refractivity contribution in [2.24, 2.45) is 0 Å². The Bertz CT molecular complexity index is 610. The van der Waals surface area contributed by atoms with E-state index in [1.807, 2.05) is 19.1 Å². The van der Waals surface area contributed by atoms with Crippen LogP contribution in [-0.2, 0) is 0 Å². The lowest BCUT2D eigenvalue weighted by atomic mass is 10.0. The summed E-state index contributed by atoms with van der Waals surface area (Å²) < 4.78 is 5.83. The van der Waals surface area contributed by atoms with Crippen molar-refractivity contribution in [2.75, 3.05) is 0 Å². The highest BCUT2D eigenvalue weighted by molar-refractivity contribution is 5.41. The summed E-state index contributed by atoms with van der Waals surface area (Å²) >= 11 is 0. The molecule has 2 aromatic rings. The minimum absolute atomic E-state index is 0.383. The summed E-state index contributed by atoms with van der Waals surface area (Å²) in [4.78, 5) is 4.13. The summed E-state index contributed by atoms with van der Waals surface area (Å²) in [6.07, 6.45) is 1.51. The van der Waals surface area contributed by atoms with Gasteiger partial charge in [-0.05, 0) is 36.1 Å². The fraction of sp³-hybridized carbons (Fsp3) is 0.250. The molecule has 0 aliphatic carbocycles. The lowest BCUT2D eigenvalue weighted by molar-refractivity contribution is 0.454. The smallest absolute Gasteiger partial charge is 0.219 e. The molecule has 3 nitrogen and oxygen atoms in total. The van der Waals surface area contributed by atoms with Crippen LogP contribution in [0.1, 0.15) is 36.5 Å². The van der Waals surface area contributed by atoms with Gasteiger partial charge < -0.3 is 4.74 Å².